The number of alkyl halides is 3. The van der Waals surface area contributed by atoms with Crippen LogP contribution >= 0.6 is 23.4 Å². The van der Waals surface area contributed by atoms with E-state index in [1.807, 2.05) is 6.07 Å². The third-order valence-electron chi connectivity index (χ3n) is 5.28. The first-order valence-electron chi connectivity index (χ1n) is 9.85. The van der Waals surface area contributed by atoms with E-state index >= 15 is 0 Å². The van der Waals surface area contributed by atoms with Crippen molar-refractivity contribution in [1.29, 1.82) is 5.26 Å². The molecule has 1 aliphatic rings. The molecule has 0 saturated heterocycles. The lowest BCUT2D eigenvalue weighted by Gasteiger charge is -2.23. The Morgan fingerprint density at radius 3 is 2.61 bits per heavy atom. The molecule has 1 aromatic heterocycles. The molecular weight excluding hydrogens is 477 g/mol. The number of thioether (sulfide) groups is 1. The monoisotopic (exact) mass is 494 g/mol. The maximum atomic E-state index is 13.9. The van der Waals surface area contributed by atoms with Crippen molar-refractivity contribution in [3.8, 4) is 23.3 Å². The number of aromatic nitrogens is 3. The Bertz CT molecular complexity index is 1230. The van der Waals surface area contributed by atoms with Gasteiger partial charge in [0.2, 0.25) is 5.82 Å². The molecule has 33 heavy (non-hydrogen) atoms. The van der Waals surface area contributed by atoms with E-state index in [9.17, 15) is 13.2 Å². The van der Waals surface area contributed by atoms with Crippen LogP contribution in [-0.4, -0.2) is 29.0 Å². The standard InChI is InChI=1S/C22H18ClF3N4O2S/c1-31-16-6-3-5-13(18(16)32-2)19-14-11-12(23)8-9-15(14)30-20(17(33-19)7-4-10-27)28-29-21(30)22(24,25)26/h3,5-6,8-9,11,17,19H,4,7H2,1-2H3. The van der Waals surface area contributed by atoms with Gasteiger partial charge in [-0.3, -0.25) is 4.57 Å². The van der Waals surface area contributed by atoms with E-state index in [1.54, 1.807) is 18.2 Å². The van der Waals surface area contributed by atoms with E-state index in [0.29, 0.717) is 34.1 Å². The molecule has 3 aromatic rings. The second-order valence-electron chi connectivity index (χ2n) is 7.20. The van der Waals surface area contributed by atoms with Gasteiger partial charge < -0.3 is 9.47 Å². The van der Waals surface area contributed by atoms with Crippen molar-refractivity contribution >= 4 is 23.4 Å². The lowest BCUT2D eigenvalue weighted by atomic mass is 10.0. The summed E-state index contributed by atoms with van der Waals surface area (Å²) in [5, 5.41) is 15.9. The summed E-state index contributed by atoms with van der Waals surface area (Å²) in [6, 6.07) is 12.1. The van der Waals surface area contributed by atoms with Crippen LogP contribution in [0.4, 0.5) is 13.2 Å². The van der Waals surface area contributed by atoms with Crippen LogP contribution in [0.25, 0.3) is 5.69 Å². The van der Waals surface area contributed by atoms with Crippen LogP contribution in [-0.2, 0) is 6.18 Å². The summed E-state index contributed by atoms with van der Waals surface area (Å²) < 4.78 is 53.7. The van der Waals surface area contributed by atoms with E-state index in [2.05, 4.69) is 16.3 Å². The van der Waals surface area contributed by atoms with Crippen LogP contribution in [0.3, 0.4) is 0 Å². The highest BCUT2D eigenvalue weighted by atomic mass is 35.5. The Morgan fingerprint density at radius 1 is 1.15 bits per heavy atom. The molecule has 2 unspecified atom stereocenters. The molecule has 0 bridgehead atoms. The van der Waals surface area contributed by atoms with Gasteiger partial charge in [0.05, 0.1) is 36.5 Å². The molecule has 0 amide bonds. The van der Waals surface area contributed by atoms with E-state index < -0.39 is 22.5 Å². The van der Waals surface area contributed by atoms with Gasteiger partial charge in [-0.25, -0.2) is 0 Å². The molecule has 0 fully saturated rings. The maximum Gasteiger partial charge on any atom is 0.452 e. The zero-order valence-corrected chi connectivity index (χ0v) is 19.1. The summed E-state index contributed by atoms with van der Waals surface area (Å²) >= 11 is 7.67. The van der Waals surface area contributed by atoms with Crippen molar-refractivity contribution in [2.45, 2.75) is 29.5 Å². The van der Waals surface area contributed by atoms with E-state index in [1.165, 1.54) is 38.1 Å². The molecule has 6 nitrogen and oxygen atoms in total. The predicted molar refractivity (Wildman–Crippen MR) is 118 cm³/mol. The summed E-state index contributed by atoms with van der Waals surface area (Å²) in [6.45, 7) is 0. The quantitative estimate of drug-likeness (QED) is 0.424. The van der Waals surface area contributed by atoms with Crippen LogP contribution in [0.1, 0.15) is 46.1 Å². The molecule has 4 rings (SSSR count). The Morgan fingerprint density at radius 2 is 1.94 bits per heavy atom. The first-order chi connectivity index (χ1) is 15.8. The van der Waals surface area contributed by atoms with E-state index in [-0.39, 0.29) is 17.9 Å². The number of fused-ring (bicyclic) bond motifs is 3. The van der Waals surface area contributed by atoms with Crippen molar-refractivity contribution < 1.29 is 22.6 Å². The number of para-hydroxylation sites is 1. The summed E-state index contributed by atoms with van der Waals surface area (Å²) in [7, 11) is 3.02. The molecule has 0 saturated carbocycles. The van der Waals surface area contributed by atoms with Crippen molar-refractivity contribution in [3.05, 3.63) is 64.2 Å². The van der Waals surface area contributed by atoms with Crippen LogP contribution in [0.2, 0.25) is 5.02 Å². The highest BCUT2D eigenvalue weighted by Gasteiger charge is 2.43. The van der Waals surface area contributed by atoms with E-state index in [0.717, 1.165) is 4.57 Å². The Labute approximate surface area is 197 Å². The normalized spacial score (nSPS) is 17.5. The maximum absolute atomic E-state index is 13.9. The van der Waals surface area contributed by atoms with Crippen LogP contribution in [0.5, 0.6) is 11.5 Å². The molecule has 2 aromatic carbocycles. The van der Waals surface area contributed by atoms with Crippen LogP contribution < -0.4 is 9.47 Å². The highest BCUT2D eigenvalue weighted by molar-refractivity contribution is 8.00. The Kier molecular flexibility index (Phi) is 6.45. The van der Waals surface area contributed by atoms with Gasteiger partial charge >= 0.3 is 6.18 Å². The van der Waals surface area contributed by atoms with Gasteiger partial charge in [-0.1, -0.05) is 23.7 Å². The van der Waals surface area contributed by atoms with Gasteiger partial charge in [0.15, 0.2) is 17.3 Å². The fourth-order valence-corrected chi connectivity index (χ4v) is 5.62. The number of halogens is 4. The first kappa shape index (κ1) is 23.3. The molecule has 1 aliphatic heterocycles. The fraction of sp³-hybridized carbons (Fsp3) is 0.318. The van der Waals surface area contributed by atoms with Crippen LogP contribution in [0, 0.1) is 11.3 Å². The zero-order valence-electron chi connectivity index (χ0n) is 17.6. The third kappa shape index (κ3) is 4.23. The Hall–Kier alpha value is -2.90. The Balaban J connectivity index is 2.02. The number of benzene rings is 2. The van der Waals surface area contributed by atoms with Gasteiger partial charge in [0.25, 0.3) is 0 Å². The summed E-state index contributed by atoms with van der Waals surface area (Å²) in [5.74, 6) is -0.0269. The topological polar surface area (TPSA) is 73.0 Å². The number of hydrogen-bond acceptors (Lipinski definition) is 6. The van der Waals surface area contributed by atoms with Crippen molar-refractivity contribution in [2.24, 2.45) is 0 Å². The van der Waals surface area contributed by atoms with E-state index in [4.69, 9.17) is 26.3 Å². The summed E-state index contributed by atoms with van der Waals surface area (Å²) in [5.41, 5.74) is 1.53. The average Bonchev–Trinajstić information content (AvgIpc) is 3.19. The van der Waals surface area contributed by atoms with Gasteiger partial charge in [-0.2, -0.15) is 18.4 Å². The molecule has 11 heteroatoms. The summed E-state index contributed by atoms with van der Waals surface area (Å²) in [6.07, 6.45) is -4.29. The minimum atomic E-state index is -4.72. The first-order valence-corrected chi connectivity index (χ1v) is 11.2. The molecule has 0 aliphatic carbocycles. The van der Waals surface area contributed by atoms with Gasteiger partial charge in [-0.05, 0) is 36.2 Å². The van der Waals surface area contributed by atoms with Crippen molar-refractivity contribution in [1.82, 2.24) is 14.8 Å². The molecule has 2 atom stereocenters. The number of hydrogen-bond donors (Lipinski definition) is 0. The van der Waals surface area contributed by atoms with Crippen LogP contribution in [0.15, 0.2) is 36.4 Å². The van der Waals surface area contributed by atoms with Gasteiger partial charge in [-0.15, -0.1) is 22.0 Å². The molecule has 172 valence electrons. The molecular formula is C22H18ClF3N4O2S. The predicted octanol–water partition coefficient (Wildman–Crippen LogP) is 6.14. The second kappa shape index (κ2) is 9.15. The van der Waals surface area contributed by atoms with Crippen molar-refractivity contribution in [3.63, 3.8) is 0 Å². The lowest BCUT2D eigenvalue weighted by molar-refractivity contribution is -0.146. The highest BCUT2D eigenvalue weighted by Crippen LogP contribution is 2.54. The fourth-order valence-electron chi connectivity index (χ4n) is 3.92. The minimum absolute atomic E-state index is 0.135. The number of nitrogens with zero attached hydrogens (tertiary/aromatic N) is 4. The smallest absolute Gasteiger partial charge is 0.452 e. The molecule has 0 radical (unpaired) electrons. The van der Waals surface area contributed by atoms with Gasteiger partial charge in [0, 0.05) is 17.0 Å². The largest absolute Gasteiger partial charge is 0.493 e. The third-order valence-corrected chi connectivity index (χ3v) is 7.07. The molecule has 2 heterocycles. The summed E-state index contributed by atoms with van der Waals surface area (Å²) in [4.78, 5) is 0. The second-order valence-corrected chi connectivity index (χ2v) is 8.95. The number of rotatable bonds is 5. The lowest BCUT2D eigenvalue weighted by Crippen LogP contribution is -2.16. The van der Waals surface area contributed by atoms with Crippen molar-refractivity contribution in [2.75, 3.05) is 14.2 Å². The van der Waals surface area contributed by atoms with Gasteiger partial charge in [0.1, 0.15) is 0 Å². The molecule has 0 spiro atoms. The molecule has 0 N–H and O–H groups in total. The average molecular weight is 495 g/mol. The number of ether oxygens (including phenoxy) is 2. The number of nitriles is 1. The zero-order chi connectivity index (χ0) is 23.8. The minimum Gasteiger partial charge on any atom is -0.493 e. The SMILES string of the molecule is COc1cccc(C2SC(CCC#N)c3nnc(C(F)(F)F)n3-c3ccc(Cl)cc32)c1OC. The number of methoxy groups -OCH3 is 2.